The molecule has 0 aromatic rings. The lowest BCUT2D eigenvalue weighted by Crippen LogP contribution is -2.31. The van der Waals surface area contributed by atoms with Crippen molar-refractivity contribution in [3.63, 3.8) is 0 Å². The van der Waals surface area contributed by atoms with Crippen LogP contribution in [0.4, 0.5) is 0 Å². The van der Waals surface area contributed by atoms with Crippen molar-refractivity contribution in [1.82, 2.24) is 5.32 Å². The summed E-state index contributed by atoms with van der Waals surface area (Å²) >= 11 is 0. The molecule has 11 heavy (non-hydrogen) atoms. The minimum absolute atomic E-state index is 0.0576. The maximum atomic E-state index is 11.3. The molecule has 1 N–H and O–H groups in total. The van der Waals surface area contributed by atoms with Gasteiger partial charge in [0.25, 0.3) is 0 Å². The molecule has 1 unspecified atom stereocenters. The molecule has 0 saturated heterocycles. The molecular formula is C9H17NO. The fraction of sp³-hybridized carbons (Fsp3) is 0.667. The Labute approximate surface area is 68.7 Å². The lowest BCUT2D eigenvalue weighted by Gasteiger charge is -2.08. The number of allylic oxidation sites excluding steroid dienone is 1. The first-order valence-electron chi connectivity index (χ1n) is 4.01. The Morgan fingerprint density at radius 3 is 2.55 bits per heavy atom. The Morgan fingerprint density at radius 1 is 1.64 bits per heavy atom. The van der Waals surface area contributed by atoms with Gasteiger partial charge in [-0.05, 0) is 32.9 Å². The van der Waals surface area contributed by atoms with Gasteiger partial charge in [0.2, 0.25) is 0 Å². The fourth-order valence-electron chi connectivity index (χ4n) is 0.879. The number of ketones is 1. The highest BCUT2D eigenvalue weighted by Gasteiger charge is 2.10. The van der Waals surface area contributed by atoms with E-state index >= 15 is 0 Å². The number of Topliss-reactive ketones (excluding diaryl/α,β-unsaturated/α-hetero) is 1. The molecule has 0 aliphatic rings. The Kier molecular flexibility index (Phi) is 4.79. The molecule has 0 heterocycles. The van der Waals surface area contributed by atoms with E-state index in [4.69, 9.17) is 0 Å². The molecule has 0 aliphatic heterocycles. The second-order valence-electron chi connectivity index (χ2n) is 2.67. The number of likely N-dealkylation sites (N-methyl/N-ethyl adjacent to an activating group) is 1. The van der Waals surface area contributed by atoms with Gasteiger partial charge in [0.15, 0.2) is 5.78 Å². The second-order valence-corrected chi connectivity index (χ2v) is 2.67. The van der Waals surface area contributed by atoms with Crippen LogP contribution in [0, 0.1) is 0 Å². The molecule has 0 spiro atoms. The zero-order chi connectivity index (χ0) is 8.85. The maximum absolute atomic E-state index is 11.3. The SMILES string of the molecule is CCC=C(C)C(=O)C(C)NC. The van der Waals surface area contributed by atoms with Crippen LogP contribution in [0.15, 0.2) is 11.6 Å². The Morgan fingerprint density at radius 2 is 2.18 bits per heavy atom. The van der Waals surface area contributed by atoms with E-state index < -0.39 is 0 Å². The van der Waals surface area contributed by atoms with Crippen LogP contribution >= 0.6 is 0 Å². The third-order valence-electron chi connectivity index (χ3n) is 1.73. The number of hydrogen-bond acceptors (Lipinski definition) is 2. The number of carbonyl (C=O) groups is 1. The Bertz CT molecular complexity index is 161. The maximum Gasteiger partial charge on any atom is 0.174 e. The van der Waals surface area contributed by atoms with E-state index in [1.165, 1.54) is 0 Å². The Balaban J connectivity index is 4.13. The monoisotopic (exact) mass is 155 g/mol. The van der Waals surface area contributed by atoms with Crippen LogP contribution in [0.1, 0.15) is 27.2 Å². The third-order valence-corrected chi connectivity index (χ3v) is 1.73. The summed E-state index contributed by atoms with van der Waals surface area (Å²) in [5, 5.41) is 2.91. The standard InChI is InChI=1S/C9H17NO/c1-5-6-7(2)9(11)8(3)10-4/h6,8,10H,5H2,1-4H3. The van der Waals surface area contributed by atoms with Gasteiger partial charge >= 0.3 is 0 Å². The van der Waals surface area contributed by atoms with Crippen LogP contribution in [0.2, 0.25) is 0 Å². The summed E-state index contributed by atoms with van der Waals surface area (Å²) in [5.41, 5.74) is 0.856. The van der Waals surface area contributed by atoms with Gasteiger partial charge in [-0.15, -0.1) is 0 Å². The highest BCUT2D eigenvalue weighted by molar-refractivity contribution is 5.98. The summed E-state index contributed by atoms with van der Waals surface area (Å²) < 4.78 is 0. The van der Waals surface area contributed by atoms with E-state index in [2.05, 4.69) is 5.32 Å². The van der Waals surface area contributed by atoms with Gasteiger partial charge < -0.3 is 5.32 Å². The topological polar surface area (TPSA) is 29.1 Å². The molecule has 0 aromatic carbocycles. The van der Waals surface area contributed by atoms with Gasteiger partial charge in [0.05, 0.1) is 6.04 Å². The van der Waals surface area contributed by atoms with E-state index in [1.54, 1.807) is 7.05 Å². The molecule has 0 saturated carbocycles. The average molecular weight is 155 g/mol. The van der Waals surface area contributed by atoms with Crippen molar-refractivity contribution in [3.05, 3.63) is 11.6 Å². The zero-order valence-electron chi connectivity index (χ0n) is 7.77. The molecule has 0 rings (SSSR count). The highest BCUT2D eigenvalue weighted by Crippen LogP contribution is 2.00. The molecule has 2 heteroatoms. The summed E-state index contributed by atoms with van der Waals surface area (Å²) in [5.74, 6) is 0.189. The van der Waals surface area contributed by atoms with Crippen molar-refractivity contribution in [2.45, 2.75) is 33.2 Å². The van der Waals surface area contributed by atoms with Crippen molar-refractivity contribution in [3.8, 4) is 0 Å². The van der Waals surface area contributed by atoms with Crippen LogP contribution in [0.5, 0.6) is 0 Å². The van der Waals surface area contributed by atoms with E-state index in [9.17, 15) is 4.79 Å². The van der Waals surface area contributed by atoms with Gasteiger partial charge in [-0.3, -0.25) is 4.79 Å². The quantitative estimate of drug-likeness (QED) is 0.624. The first-order chi connectivity index (χ1) is 5.13. The lowest BCUT2D eigenvalue weighted by molar-refractivity contribution is -0.116. The summed E-state index contributed by atoms with van der Waals surface area (Å²) in [4.78, 5) is 11.3. The number of rotatable bonds is 4. The van der Waals surface area contributed by atoms with Gasteiger partial charge in [0.1, 0.15) is 0 Å². The first-order valence-corrected chi connectivity index (χ1v) is 4.01. The van der Waals surface area contributed by atoms with Crippen molar-refractivity contribution in [1.29, 1.82) is 0 Å². The summed E-state index contributed by atoms with van der Waals surface area (Å²) in [6.45, 7) is 5.76. The molecule has 1 atom stereocenters. The van der Waals surface area contributed by atoms with Crippen LogP contribution in [-0.2, 0) is 4.79 Å². The molecule has 0 amide bonds. The predicted octanol–water partition coefficient (Wildman–Crippen LogP) is 1.52. The van der Waals surface area contributed by atoms with Gasteiger partial charge in [-0.2, -0.15) is 0 Å². The molecule has 0 aliphatic carbocycles. The summed E-state index contributed by atoms with van der Waals surface area (Å²) in [6, 6.07) is -0.0576. The fourth-order valence-corrected chi connectivity index (χ4v) is 0.879. The minimum Gasteiger partial charge on any atom is -0.310 e. The van der Waals surface area contributed by atoms with E-state index in [0.29, 0.717) is 0 Å². The summed E-state index contributed by atoms with van der Waals surface area (Å²) in [6.07, 6.45) is 2.88. The van der Waals surface area contributed by atoms with Crippen molar-refractivity contribution in [2.75, 3.05) is 7.05 Å². The van der Waals surface area contributed by atoms with E-state index in [-0.39, 0.29) is 11.8 Å². The minimum atomic E-state index is -0.0576. The first kappa shape index (κ1) is 10.4. The van der Waals surface area contributed by atoms with Crippen molar-refractivity contribution in [2.24, 2.45) is 0 Å². The average Bonchev–Trinajstić information content (AvgIpc) is 2.02. The predicted molar refractivity (Wildman–Crippen MR) is 47.6 cm³/mol. The molecule has 0 radical (unpaired) electrons. The van der Waals surface area contributed by atoms with Crippen LogP contribution in [0.25, 0.3) is 0 Å². The van der Waals surface area contributed by atoms with E-state index in [0.717, 1.165) is 12.0 Å². The van der Waals surface area contributed by atoms with E-state index in [1.807, 2.05) is 26.8 Å². The second kappa shape index (κ2) is 5.08. The van der Waals surface area contributed by atoms with Gasteiger partial charge in [0, 0.05) is 0 Å². The molecule has 2 nitrogen and oxygen atoms in total. The number of nitrogens with one attached hydrogen (secondary N) is 1. The normalized spacial score (nSPS) is 14.7. The summed E-state index contributed by atoms with van der Waals surface area (Å²) in [7, 11) is 1.79. The smallest absolute Gasteiger partial charge is 0.174 e. The lowest BCUT2D eigenvalue weighted by atomic mass is 10.1. The molecule has 0 bridgehead atoms. The molecule has 0 fully saturated rings. The molecule has 0 aromatic heterocycles. The zero-order valence-corrected chi connectivity index (χ0v) is 7.77. The van der Waals surface area contributed by atoms with Crippen molar-refractivity contribution >= 4 is 5.78 Å². The van der Waals surface area contributed by atoms with Gasteiger partial charge in [-0.1, -0.05) is 13.0 Å². The highest BCUT2D eigenvalue weighted by atomic mass is 16.1. The number of hydrogen-bond donors (Lipinski definition) is 1. The number of carbonyl (C=O) groups excluding carboxylic acids is 1. The van der Waals surface area contributed by atoms with Crippen LogP contribution < -0.4 is 5.32 Å². The van der Waals surface area contributed by atoms with Crippen LogP contribution in [0.3, 0.4) is 0 Å². The van der Waals surface area contributed by atoms with Crippen LogP contribution in [-0.4, -0.2) is 18.9 Å². The largest absolute Gasteiger partial charge is 0.310 e. The third kappa shape index (κ3) is 3.33. The Hall–Kier alpha value is -0.630. The van der Waals surface area contributed by atoms with Gasteiger partial charge in [-0.25, -0.2) is 0 Å². The van der Waals surface area contributed by atoms with Crippen molar-refractivity contribution < 1.29 is 4.79 Å². The molecule has 64 valence electrons. The molecular weight excluding hydrogens is 138 g/mol.